The first-order valence-corrected chi connectivity index (χ1v) is 7.14. The Hall–Kier alpha value is -1.61. The lowest BCUT2D eigenvalue weighted by molar-refractivity contribution is -0.146. The van der Waals surface area contributed by atoms with Gasteiger partial charge in [-0.2, -0.15) is 5.26 Å². The first-order chi connectivity index (χ1) is 9.60. The molecule has 1 heterocycles. The van der Waals surface area contributed by atoms with Crippen LogP contribution in [0.5, 0.6) is 0 Å². The monoisotopic (exact) mass is 279 g/mol. The van der Waals surface area contributed by atoms with Gasteiger partial charge in [0.2, 0.25) is 5.91 Å². The van der Waals surface area contributed by atoms with Gasteiger partial charge in [0.25, 0.3) is 0 Å². The van der Waals surface area contributed by atoms with Gasteiger partial charge in [-0.3, -0.25) is 14.5 Å². The van der Waals surface area contributed by atoms with Gasteiger partial charge in [0.1, 0.15) is 11.6 Å². The second-order valence-corrected chi connectivity index (χ2v) is 5.60. The lowest BCUT2D eigenvalue weighted by Gasteiger charge is -2.26. The molecule has 1 N–H and O–H groups in total. The van der Waals surface area contributed by atoms with Gasteiger partial charge in [-0.05, 0) is 45.1 Å². The minimum atomic E-state index is -0.697. The molecule has 110 valence electrons. The molecular weight excluding hydrogens is 258 g/mol. The molecule has 0 radical (unpaired) electrons. The number of hydrogen-bond donors (Lipinski definition) is 1. The van der Waals surface area contributed by atoms with Gasteiger partial charge in [0.15, 0.2) is 0 Å². The molecule has 20 heavy (non-hydrogen) atoms. The van der Waals surface area contributed by atoms with E-state index in [0.29, 0.717) is 6.54 Å². The van der Waals surface area contributed by atoms with E-state index in [2.05, 4.69) is 11.4 Å². The number of ether oxygens (including phenoxy) is 1. The Bertz CT molecular complexity index is 424. The van der Waals surface area contributed by atoms with E-state index in [1.54, 1.807) is 0 Å². The van der Waals surface area contributed by atoms with E-state index >= 15 is 0 Å². The van der Waals surface area contributed by atoms with Crippen LogP contribution in [0.2, 0.25) is 0 Å². The third kappa shape index (κ3) is 3.10. The molecule has 0 aromatic heterocycles. The fourth-order valence-corrected chi connectivity index (χ4v) is 3.15. The van der Waals surface area contributed by atoms with Crippen LogP contribution in [0.4, 0.5) is 0 Å². The number of hydrogen-bond acceptors (Lipinski definition) is 5. The van der Waals surface area contributed by atoms with Crippen LogP contribution in [0.3, 0.4) is 0 Å². The van der Waals surface area contributed by atoms with Crippen LogP contribution >= 0.6 is 0 Å². The predicted octanol–water partition coefficient (Wildman–Crippen LogP) is 0.576. The molecule has 6 heteroatoms. The zero-order valence-electron chi connectivity index (χ0n) is 11.9. The fourth-order valence-electron chi connectivity index (χ4n) is 3.15. The van der Waals surface area contributed by atoms with Crippen LogP contribution in [0.15, 0.2) is 0 Å². The maximum atomic E-state index is 12.1. The first kappa shape index (κ1) is 14.8. The van der Waals surface area contributed by atoms with Crippen LogP contribution < -0.4 is 5.32 Å². The summed E-state index contributed by atoms with van der Waals surface area (Å²) in [5.74, 6) is -0.463. The van der Waals surface area contributed by atoms with Gasteiger partial charge in [-0.15, -0.1) is 0 Å². The summed E-state index contributed by atoms with van der Waals surface area (Å²) in [7, 11) is 1.36. The van der Waals surface area contributed by atoms with Crippen LogP contribution in [0.1, 0.15) is 38.5 Å². The lowest BCUT2D eigenvalue weighted by atomic mass is 10.00. The Kier molecular flexibility index (Phi) is 4.61. The maximum absolute atomic E-state index is 12.1. The summed E-state index contributed by atoms with van der Waals surface area (Å²) in [5.41, 5.74) is -0.697. The number of likely N-dealkylation sites (tertiary alicyclic amines) is 1. The van der Waals surface area contributed by atoms with Crippen LogP contribution in [-0.2, 0) is 14.3 Å². The Balaban J connectivity index is 1.91. The number of methoxy groups -OCH3 is 1. The summed E-state index contributed by atoms with van der Waals surface area (Å²) in [5, 5.41) is 12.1. The summed E-state index contributed by atoms with van der Waals surface area (Å²) >= 11 is 0. The largest absolute Gasteiger partial charge is 0.468 e. The number of carbonyl (C=O) groups excluding carboxylic acids is 2. The Morgan fingerprint density at radius 3 is 2.70 bits per heavy atom. The second kappa shape index (κ2) is 6.23. The van der Waals surface area contributed by atoms with Crippen molar-refractivity contribution in [3.05, 3.63) is 0 Å². The van der Waals surface area contributed by atoms with Crippen LogP contribution in [0.25, 0.3) is 0 Å². The van der Waals surface area contributed by atoms with E-state index in [1.165, 1.54) is 7.11 Å². The standard InChI is InChI=1S/C14H21N3O3/c1-20-13(19)11-5-4-8-17(11)9-12(18)16-14(10-15)6-2-3-7-14/h11H,2-9H2,1H3,(H,16,18). The number of amides is 1. The molecule has 1 saturated carbocycles. The summed E-state index contributed by atoms with van der Waals surface area (Å²) in [6.07, 6.45) is 5.00. The number of nitrogens with one attached hydrogen (secondary N) is 1. The smallest absolute Gasteiger partial charge is 0.323 e. The normalized spacial score (nSPS) is 25.1. The van der Waals surface area contributed by atoms with Gasteiger partial charge in [-0.25, -0.2) is 0 Å². The van der Waals surface area contributed by atoms with Crippen molar-refractivity contribution in [1.29, 1.82) is 5.26 Å². The highest BCUT2D eigenvalue weighted by Crippen LogP contribution is 2.29. The molecule has 2 aliphatic rings. The van der Waals surface area contributed by atoms with Crippen LogP contribution in [0, 0.1) is 11.3 Å². The van der Waals surface area contributed by atoms with Crippen molar-refractivity contribution in [1.82, 2.24) is 10.2 Å². The highest BCUT2D eigenvalue weighted by atomic mass is 16.5. The Labute approximate surface area is 119 Å². The van der Waals surface area contributed by atoms with Crippen molar-refractivity contribution in [3.8, 4) is 6.07 Å². The van der Waals surface area contributed by atoms with E-state index in [9.17, 15) is 14.9 Å². The van der Waals surface area contributed by atoms with Gasteiger partial charge < -0.3 is 10.1 Å². The molecule has 2 rings (SSSR count). The molecule has 1 atom stereocenters. The molecule has 0 aromatic carbocycles. The summed E-state index contributed by atoms with van der Waals surface area (Å²) in [6.45, 7) is 0.871. The Morgan fingerprint density at radius 2 is 2.10 bits per heavy atom. The van der Waals surface area contributed by atoms with E-state index in [0.717, 1.165) is 38.5 Å². The fraction of sp³-hybridized carbons (Fsp3) is 0.786. The number of esters is 1. The Morgan fingerprint density at radius 1 is 1.40 bits per heavy atom. The van der Waals surface area contributed by atoms with Crippen molar-refractivity contribution in [2.45, 2.75) is 50.1 Å². The van der Waals surface area contributed by atoms with E-state index in [4.69, 9.17) is 4.74 Å². The van der Waals surface area contributed by atoms with Crippen molar-refractivity contribution >= 4 is 11.9 Å². The van der Waals surface area contributed by atoms with E-state index < -0.39 is 5.54 Å². The molecule has 6 nitrogen and oxygen atoms in total. The quantitative estimate of drug-likeness (QED) is 0.761. The van der Waals surface area contributed by atoms with Crippen LogP contribution in [-0.4, -0.2) is 48.6 Å². The molecule has 1 unspecified atom stereocenters. The minimum absolute atomic E-state index is 0.156. The number of rotatable bonds is 4. The van der Waals surface area contributed by atoms with Gasteiger partial charge in [0, 0.05) is 0 Å². The third-order valence-electron chi connectivity index (χ3n) is 4.23. The van der Waals surface area contributed by atoms with Crippen molar-refractivity contribution < 1.29 is 14.3 Å². The topological polar surface area (TPSA) is 82.4 Å². The molecule has 1 aliphatic carbocycles. The van der Waals surface area contributed by atoms with Crippen molar-refractivity contribution in [3.63, 3.8) is 0 Å². The van der Waals surface area contributed by atoms with Gasteiger partial charge >= 0.3 is 5.97 Å². The maximum Gasteiger partial charge on any atom is 0.323 e. The molecule has 0 aromatic rings. The summed E-state index contributed by atoms with van der Waals surface area (Å²) < 4.78 is 4.76. The molecule has 2 fully saturated rings. The number of carbonyl (C=O) groups is 2. The van der Waals surface area contributed by atoms with Crippen molar-refractivity contribution in [2.75, 3.05) is 20.2 Å². The average molecular weight is 279 g/mol. The average Bonchev–Trinajstić information content (AvgIpc) is 3.08. The van der Waals surface area contributed by atoms with Gasteiger partial charge in [-0.1, -0.05) is 0 Å². The molecule has 0 spiro atoms. The number of nitriles is 1. The van der Waals surface area contributed by atoms with E-state index in [1.807, 2.05) is 4.90 Å². The molecule has 0 bridgehead atoms. The van der Waals surface area contributed by atoms with Gasteiger partial charge in [0.05, 0.1) is 19.7 Å². The highest BCUT2D eigenvalue weighted by molar-refractivity contribution is 5.81. The lowest BCUT2D eigenvalue weighted by Crippen LogP contribution is -2.50. The van der Waals surface area contributed by atoms with E-state index in [-0.39, 0.29) is 24.5 Å². The molecule has 1 aliphatic heterocycles. The second-order valence-electron chi connectivity index (χ2n) is 5.60. The first-order valence-electron chi connectivity index (χ1n) is 7.14. The third-order valence-corrected chi connectivity index (χ3v) is 4.23. The summed E-state index contributed by atoms with van der Waals surface area (Å²) in [4.78, 5) is 25.6. The number of nitrogens with zero attached hydrogens (tertiary/aromatic N) is 2. The summed E-state index contributed by atoms with van der Waals surface area (Å²) in [6, 6.07) is 1.91. The van der Waals surface area contributed by atoms with Crippen molar-refractivity contribution in [2.24, 2.45) is 0 Å². The highest BCUT2D eigenvalue weighted by Gasteiger charge is 2.37. The SMILES string of the molecule is COC(=O)C1CCCN1CC(=O)NC1(C#N)CCCC1. The zero-order valence-corrected chi connectivity index (χ0v) is 11.9. The predicted molar refractivity (Wildman–Crippen MR) is 71.6 cm³/mol. The minimum Gasteiger partial charge on any atom is -0.468 e. The molecular formula is C14H21N3O3. The molecule has 1 amide bonds. The molecule has 1 saturated heterocycles. The zero-order chi connectivity index (χ0) is 14.6.